The molecule has 0 unspecified atom stereocenters. The summed E-state index contributed by atoms with van der Waals surface area (Å²) in [6, 6.07) is 12.9. The number of hydrogen-bond donors (Lipinski definition) is 1. The highest BCUT2D eigenvalue weighted by Gasteiger charge is 2.34. The van der Waals surface area contributed by atoms with E-state index in [4.69, 9.17) is 0 Å². The van der Waals surface area contributed by atoms with Crippen LogP contribution in [0, 0.1) is 0 Å². The Kier molecular flexibility index (Phi) is 5.92. The number of hydrogen-bond acceptors (Lipinski definition) is 5. The number of benzene rings is 1. The fourth-order valence-electron chi connectivity index (χ4n) is 3.81. The van der Waals surface area contributed by atoms with Crippen LogP contribution in [0.4, 0.5) is 5.82 Å². The van der Waals surface area contributed by atoms with Crippen molar-refractivity contribution in [1.29, 1.82) is 0 Å². The molecule has 1 aromatic heterocycles. The molecule has 0 saturated carbocycles. The summed E-state index contributed by atoms with van der Waals surface area (Å²) < 4.78 is 0. The van der Waals surface area contributed by atoms with Crippen molar-refractivity contribution in [3.8, 4) is 0 Å². The summed E-state index contributed by atoms with van der Waals surface area (Å²) in [4.78, 5) is 39.9. The summed E-state index contributed by atoms with van der Waals surface area (Å²) in [5.74, 6) is 1.33. The first-order chi connectivity index (χ1) is 14.7. The maximum Gasteiger partial charge on any atom is 0.261 e. The lowest BCUT2D eigenvalue weighted by atomic mass is 10.1. The second-order valence-corrected chi connectivity index (χ2v) is 7.21. The van der Waals surface area contributed by atoms with Gasteiger partial charge in [-0.1, -0.05) is 18.2 Å². The van der Waals surface area contributed by atoms with Crippen LogP contribution in [-0.2, 0) is 0 Å². The van der Waals surface area contributed by atoms with Gasteiger partial charge in [0.2, 0.25) is 0 Å². The number of piperazine rings is 1. The normalized spacial score (nSPS) is 16.8. The molecule has 1 saturated heterocycles. The van der Waals surface area contributed by atoms with Crippen molar-refractivity contribution in [2.45, 2.75) is 6.92 Å². The molecule has 0 aliphatic carbocycles. The lowest BCUT2D eigenvalue weighted by Gasteiger charge is -2.37. The van der Waals surface area contributed by atoms with Crippen LogP contribution in [-0.4, -0.2) is 78.4 Å². The standard InChI is InChI=1S/C22H26N6O2/c1-2-23-22(27-15-13-26(14-16-27)19-9-5-6-10-24-19)25-11-12-28-20(29)17-7-3-4-8-18(17)21(28)30/h3-10H,2,11-16H2,1H3,(H,23,25). The van der Waals surface area contributed by atoms with Crippen LogP contribution in [0.2, 0.25) is 0 Å². The molecule has 0 atom stereocenters. The average Bonchev–Trinajstić information content (AvgIpc) is 3.04. The van der Waals surface area contributed by atoms with Crippen molar-refractivity contribution >= 4 is 23.6 Å². The Morgan fingerprint density at radius 2 is 1.67 bits per heavy atom. The summed E-state index contributed by atoms with van der Waals surface area (Å²) in [5, 5.41) is 3.33. The topological polar surface area (TPSA) is 81.1 Å². The smallest absolute Gasteiger partial charge is 0.261 e. The molecule has 156 valence electrons. The van der Waals surface area contributed by atoms with Crippen LogP contribution >= 0.6 is 0 Å². The van der Waals surface area contributed by atoms with E-state index in [2.05, 4.69) is 25.1 Å². The molecule has 30 heavy (non-hydrogen) atoms. The van der Waals surface area contributed by atoms with Gasteiger partial charge >= 0.3 is 0 Å². The van der Waals surface area contributed by atoms with Crippen molar-refractivity contribution in [3.05, 3.63) is 59.8 Å². The van der Waals surface area contributed by atoms with Crippen molar-refractivity contribution in [3.63, 3.8) is 0 Å². The van der Waals surface area contributed by atoms with Gasteiger partial charge < -0.3 is 15.1 Å². The number of imide groups is 1. The minimum Gasteiger partial charge on any atom is -0.357 e. The van der Waals surface area contributed by atoms with Gasteiger partial charge in [-0.15, -0.1) is 0 Å². The third-order valence-electron chi connectivity index (χ3n) is 5.35. The highest BCUT2D eigenvalue weighted by molar-refractivity contribution is 6.21. The second kappa shape index (κ2) is 8.94. The van der Waals surface area contributed by atoms with Gasteiger partial charge in [0.25, 0.3) is 11.8 Å². The van der Waals surface area contributed by atoms with Gasteiger partial charge in [0, 0.05) is 45.5 Å². The highest BCUT2D eigenvalue weighted by Crippen LogP contribution is 2.22. The van der Waals surface area contributed by atoms with Crippen LogP contribution < -0.4 is 10.2 Å². The fraction of sp³-hybridized carbons (Fsp3) is 0.364. The zero-order valence-corrected chi connectivity index (χ0v) is 17.1. The quantitative estimate of drug-likeness (QED) is 0.460. The molecule has 0 bridgehead atoms. The number of nitrogens with zero attached hydrogens (tertiary/aromatic N) is 5. The zero-order valence-electron chi connectivity index (χ0n) is 17.1. The van der Waals surface area contributed by atoms with Crippen LogP contribution in [0.1, 0.15) is 27.6 Å². The summed E-state index contributed by atoms with van der Waals surface area (Å²) in [5.41, 5.74) is 0.952. The molecule has 2 amide bonds. The molecule has 3 heterocycles. The number of fused-ring (bicyclic) bond motifs is 1. The number of guanidine groups is 1. The predicted octanol–water partition coefficient (Wildman–Crippen LogP) is 1.47. The number of nitrogens with one attached hydrogen (secondary N) is 1. The zero-order chi connectivity index (χ0) is 20.9. The van der Waals surface area contributed by atoms with Crippen molar-refractivity contribution in [2.75, 3.05) is 50.7 Å². The highest BCUT2D eigenvalue weighted by atomic mass is 16.2. The Bertz CT molecular complexity index is 903. The summed E-state index contributed by atoms with van der Waals surface area (Å²) in [7, 11) is 0. The first-order valence-corrected chi connectivity index (χ1v) is 10.3. The van der Waals surface area contributed by atoms with E-state index in [1.807, 2.05) is 31.3 Å². The van der Waals surface area contributed by atoms with E-state index < -0.39 is 0 Å². The number of anilines is 1. The second-order valence-electron chi connectivity index (χ2n) is 7.21. The fourth-order valence-corrected chi connectivity index (χ4v) is 3.81. The third-order valence-corrected chi connectivity index (χ3v) is 5.35. The van der Waals surface area contributed by atoms with Gasteiger partial charge in [-0.2, -0.15) is 0 Å². The lowest BCUT2D eigenvalue weighted by molar-refractivity contribution is 0.0659. The minimum absolute atomic E-state index is 0.236. The van der Waals surface area contributed by atoms with Crippen molar-refractivity contribution in [1.82, 2.24) is 20.1 Å². The molecule has 2 aliphatic rings. The van der Waals surface area contributed by atoms with Crippen molar-refractivity contribution in [2.24, 2.45) is 4.99 Å². The number of amides is 2. The molecule has 0 spiro atoms. The van der Waals surface area contributed by atoms with E-state index in [1.54, 1.807) is 24.3 Å². The van der Waals surface area contributed by atoms with Gasteiger partial charge in [-0.25, -0.2) is 4.98 Å². The molecule has 8 nitrogen and oxygen atoms in total. The maximum atomic E-state index is 12.5. The predicted molar refractivity (Wildman–Crippen MR) is 116 cm³/mol. The van der Waals surface area contributed by atoms with Crippen molar-refractivity contribution < 1.29 is 9.59 Å². The van der Waals surface area contributed by atoms with E-state index in [0.29, 0.717) is 17.7 Å². The Balaban J connectivity index is 1.36. The van der Waals surface area contributed by atoms with Gasteiger partial charge in [0.15, 0.2) is 5.96 Å². The molecule has 2 aliphatic heterocycles. The van der Waals surface area contributed by atoms with Gasteiger partial charge in [-0.05, 0) is 31.2 Å². The molecular formula is C22H26N6O2. The Labute approximate surface area is 176 Å². The monoisotopic (exact) mass is 406 g/mol. The molecule has 1 N–H and O–H groups in total. The van der Waals surface area contributed by atoms with E-state index in [9.17, 15) is 9.59 Å². The minimum atomic E-state index is -0.236. The SMILES string of the molecule is CCNC(=NCCN1C(=O)c2ccccc2C1=O)N1CCN(c2ccccn2)CC1. The molecular weight excluding hydrogens is 380 g/mol. The van der Waals surface area contributed by atoms with Crippen LogP contribution in [0.25, 0.3) is 0 Å². The Morgan fingerprint density at radius 1 is 1.00 bits per heavy atom. The Morgan fingerprint density at radius 3 is 2.27 bits per heavy atom. The number of rotatable bonds is 5. The molecule has 2 aromatic rings. The van der Waals surface area contributed by atoms with E-state index in [0.717, 1.165) is 44.5 Å². The average molecular weight is 406 g/mol. The molecule has 0 radical (unpaired) electrons. The number of carbonyl (C=O) groups excluding carboxylic acids is 2. The maximum absolute atomic E-state index is 12.5. The summed E-state index contributed by atoms with van der Waals surface area (Å²) in [6.45, 7) is 6.81. The molecule has 8 heteroatoms. The van der Waals surface area contributed by atoms with Crippen LogP contribution in [0.5, 0.6) is 0 Å². The van der Waals surface area contributed by atoms with Gasteiger partial charge in [0.1, 0.15) is 5.82 Å². The number of carbonyl (C=O) groups is 2. The van der Waals surface area contributed by atoms with Gasteiger partial charge in [0.05, 0.1) is 17.7 Å². The number of aliphatic imine (C=N–C) groups is 1. The summed E-state index contributed by atoms with van der Waals surface area (Å²) in [6.07, 6.45) is 1.81. The first kappa shape index (κ1) is 19.9. The van der Waals surface area contributed by atoms with Crippen LogP contribution in [0.15, 0.2) is 53.7 Å². The molecule has 1 fully saturated rings. The van der Waals surface area contributed by atoms with Gasteiger partial charge in [-0.3, -0.25) is 19.5 Å². The Hall–Kier alpha value is -3.42. The number of aromatic nitrogens is 1. The first-order valence-electron chi connectivity index (χ1n) is 10.3. The van der Waals surface area contributed by atoms with E-state index in [-0.39, 0.29) is 18.4 Å². The lowest BCUT2D eigenvalue weighted by Crippen LogP contribution is -2.53. The summed E-state index contributed by atoms with van der Waals surface area (Å²) >= 11 is 0. The van der Waals surface area contributed by atoms with Crippen LogP contribution in [0.3, 0.4) is 0 Å². The molecule has 1 aromatic carbocycles. The largest absolute Gasteiger partial charge is 0.357 e. The van der Waals surface area contributed by atoms with E-state index >= 15 is 0 Å². The van der Waals surface area contributed by atoms with E-state index in [1.165, 1.54) is 4.90 Å². The number of pyridine rings is 1. The third kappa shape index (κ3) is 3.98. The molecule has 4 rings (SSSR count).